The summed E-state index contributed by atoms with van der Waals surface area (Å²) >= 11 is 1.63. The van der Waals surface area contributed by atoms with Gasteiger partial charge >= 0.3 is 0 Å². The summed E-state index contributed by atoms with van der Waals surface area (Å²) in [7, 11) is -3.32. The molecule has 13 heavy (non-hydrogen) atoms. The van der Waals surface area contributed by atoms with E-state index in [0.29, 0.717) is 12.3 Å². The molecule has 0 spiro atoms. The van der Waals surface area contributed by atoms with Crippen LogP contribution < -0.4 is 10.5 Å². The topological polar surface area (TPSA) is 72.2 Å². The van der Waals surface area contributed by atoms with E-state index in [0.717, 1.165) is 12.3 Å². The molecule has 0 aromatic carbocycles. The van der Waals surface area contributed by atoms with Crippen molar-refractivity contribution in [2.45, 2.75) is 0 Å². The zero-order chi connectivity index (χ0) is 10.2. The molecule has 0 saturated heterocycles. The summed E-state index contributed by atoms with van der Waals surface area (Å²) in [4.78, 5) is 0. The van der Waals surface area contributed by atoms with Crippen LogP contribution in [0.5, 0.6) is 0 Å². The molecule has 0 aliphatic carbocycles. The molecular weight excluding hydrogens is 208 g/mol. The fourth-order valence-electron chi connectivity index (χ4n) is 0.615. The average molecular weight is 222 g/mol. The highest BCUT2D eigenvalue weighted by atomic mass is 32.2. The second-order valence-electron chi connectivity index (χ2n) is 2.37. The van der Waals surface area contributed by atoms with Gasteiger partial charge < -0.3 is 5.32 Å². The second kappa shape index (κ2) is 7.21. The molecule has 0 aromatic heterocycles. The lowest BCUT2D eigenvalue weighted by Crippen LogP contribution is -2.28. The lowest BCUT2D eigenvalue weighted by molar-refractivity contribution is 0.594. The molecule has 0 atom stereocenters. The highest BCUT2D eigenvalue weighted by Gasteiger charge is 1.99. The van der Waals surface area contributed by atoms with Crippen LogP contribution in [0.3, 0.4) is 0 Å². The van der Waals surface area contributed by atoms with E-state index in [2.05, 4.69) is 11.2 Å². The number of rotatable bonds is 7. The third-order valence-electron chi connectivity index (χ3n) is 1.17. The fourth-order valence-corrected chi connectivity index (χ4v) is 1.59. The number of sulfonamides is 1. The lowest BCUT2D eigenvalue weighted by Gasteiger charge is -2.01. The number of nitrogens with one attached hydrogen (secondary N) is 1. The molecule has 6 heteroatoms. The number of hydrogen-bond donors (Lipinski definition) is 2. The minimum absolute atomic E-state index is 0.0210. The summed E-state index contributed by atoms with van der Waals surface area (Å²) in [5, 5.41) is 7.75. The molecule has 3 N–H and O–H groups in total. The molecule has 4 nitrogen and oxygen atoms in total. The van der Waals surface area contributed by atoms with Gasteiger partial charge in [-0.25, -0.2) is 13.6 Å². The van der Waals surface area contributed by atoms with Crippen LogP contribution in [-0.4, -0.2) is 38.8 Å². The Balaban J connectivity index is 3.14. The summed E-state index contributed by atoms with van der Waals surface area (Å²) in [6.07, 6.45) is 5.04. The maximum absolute atomic E-state index is 10.5. The SMILES string of the molecule is C#CCSCCNCCS(N)(=O)=O. The monoisotopic (exact) mass is 222 g/mol. The molecule has 0 amide bonds. The number of terminal acetylenes is 1. The van der Waals surface area contributed by atoms with Gasteiger partial charge in [0, 0.05) is 18.8 Å². The van der Waals surface area contributed by atoms with E-state index in [-0.39, 0.29) is 5.75 Å². The van der Waals surface area contributed by atoms with Gasteiger partial charge in [-0.3, -0.25) is 0 Å². The van der Waals surface area contributed by atoms with E-state index in [1.807, 2.05) is 0 Å². The normalized spacial score (nSPS) is 11.1. The molecule has 0 rings (SSSR count). The van der Waals surface area contributed by atoms with Crippen molar-refractivity contribution in [2.24, 2.45) is 5.14 Å². The molecule has 0 radical (unpaired) electrons. The van der Waals surface area contributed by atoms with Crippen molar-refractivity contribution < 1.29 is 8.42 Å². The summed E-state index contributed by atoms with van der Waals surface area (Å²) < 4.78 is 20.9. The first-order chi connectivity index (χ1) is 6.06. The van der Waals surface area contributed by atoms with Crippen LogP contribution in [0.25, 0.3) is 0 Å². The highest BCUT2D eigenvalue weighted by Crippen LogP contribution is 1.94. The number of primary sulfonamides is 1. The molecule has 76 valence electrons. The maximum Gasteiger partial charge on any atom is 0.210 e. The van der Waals surface area contributed by atoms with Crippen molar-refractivity contribution in [3.05, 3.63) is 0 Å². The summed E-state index contributed by atoms with van der Waals surface area (Å²) in [6, 6.07) is 0. The van der Waals surface area contributed by atoms with Crippen LogP contribution in [0, 0.1) is 12.3 Å². The quantitative estimate of drug-likeness (QED) is 0.438. The highest BCUT2D eigenvalue weighted by molar-refractivity contribution is 7.99. The van der Waals surface area contributed by atoms with E-state index in [1.54, 1.807) is 11.8 Å². The van der Waals surface area contributed by atoms with Gasteiger partial charge in [-0.2, -0.15) is 0 Å². The molecule has 0 aliphatic heterocycles. The Labute approximate surface area is 83.7 Å². The first-order valence-corrected chi connectivity index (χ1v) is 6.65. The van der Waals surface area contributed by atoms with Crippen molar-refractivity contribution in [1.82, 2.24) is 5.32 Å². The Morgan fingerprint density at radius 3 is 2.69 bits per heavy atom. The fraction of sp³-hybridized carbons (Fsp3) is 0.714. The lowest BCUT2D eigenvalue weighted by atomic mass is 10.7. The van der Waals surface area contributed by atoms with E-state index in [4.69, 9.17) is 11.6 Å². The minimum atomic E-state index is -3.32. The summed E-state index contributed by atoms with van der Waals surface area (Å²) in [6.45, 7) is 1.15. The van der Waals surface area contributed by atoms with Crippen molar-refractivity contribution in [1.29, 1.82) is 0 Å². The van der Waals surface area contributed by atoms with E-state index < -0.39 is 10.0 Å². The molecule has 0 bridgehead atoms. The van der Waals surface area contributed by atoms with Crippen LogP contribution in [-0.2, 0) is 10.0 Å². The Morgan fingerprint density at radius 1 is 1.46 bits per heavy atom. The second-order valence-corrected chi connectivity index (χ2v) is 5.21. The number of hydrogen-bond acceptors (Lipinski definition) is 4. The van der Waals surface area contributed by atoms with Gasteiger partial charge in [-0.15, -0.1) is 18.2 Å². The van der Waals surface area contributed by atoms with Crippen LogP contribution in [0.2, 0.25) is 0 Å². The van der Waals surface area contributed by atoms with Crippen LogP contribution in [0.1, 0.15) is 0 Å². The van der Waals surface area contributed by atoms with Gasteiger partial charge in [0.1, 0.15) is 0 Å². The van der Waals surface area contributed by atoms with Gasteiger partial charge in [0.2, 0.25) is 10.0 Å². The first kappa shape index (κ1) is 12.8. The standard InChI is InChI=1S/C7H14N2O2S2/c1-2-5-12-6-3-9-4-7-13(8,10)11/h1,9H,3-7H2,(H2,8,10,11). The molecule has 0 aliphatic rings. The van der Waals surface area contributed by atoms with Gasteiger partial charge in [0.05, 0.1) is 11.5 Å². The zero-order valence-corrected chi connectivity index (χ0v) is 8.96. The van der Waals surface area contributed by atoms with Crippen molar-refractivity contribution in [3.63, 3.8) is 0 Å². The largest absolute Gasteiger partial charge is 0.315 e. The maximum atomic E-state index is 10.5. The van der Waals surface area contributed by atoms with Crippen molar-refractivity contribution in [2.75, 3.05) is 30.3 Å². The van der Waals surface area contributed by atoms with Crippen molar-refractivity contribution >= 4 is 21.8 Å². The van der Waals surface area contributed by atoms with E-state index >= 15 is 0 Å². The molecular formula is C7H14N2O2S2. The third-order valence-corrected chi connectivity index (χ3v) is 2.81. The first-order valence-electron chi connectivity index (χ1n) is 3.78. The summed E-state index contributed by atoms with van der Waals surface area (Å²) in [5.41, 5.74) is 0. The van der Waals surface area contributed by atoms with Gasteiger partial charge in [-0.05, 0) is 0 Å². The Kier molecular flexibility index (Phi) is 7.09. The van der Waals surface area contributed by atoms with Crippen LogP contribution >= 0.6 is 11.8 Å². The Morgan fingerprint density at radius 2 is 2.15 bits per heavy atom. The molecule has 0 heterocycles. The number of thioether (sulfide) groups is 1. The predicted octanol–water partition coefficient (Wildman–Crippen LogP) is -0.769. The third kappa shape index (κ3) is 11.8. The van der Waals surface area contributed by atoms with Crippen LogP contribution in [0.4, 0.5) is 0 Å². The molecule has 0 saturated carbocycles. The Bertz CT molecular complexity index is 256. The van der Waals surface area contributed by atoms with Gasteiger partial charge in [0.25, 0.3) is 0 Å². The van der Waals surface area contributed by atoms with Gasteiger partial charge in [-0.1, -0.05) is 5.92 Å². The Hall–Kier alpha value is -0.220. The van der Waals surface area contributed by atoms with E-state index in [9.17, 15) is 8.42 Å². The van der Waals surface area contributed by atoms with Crippen molar-refractivity contribution in [3.8, 4) is 12.3 Å². The predicted molar refractivity (Wildman–Crippen MR) is 57.0 cm³/mol. The average Bonchev–Trinajstić information content (AvgIpc) is 2.01. The smallest absolute Gasteiger partial charge is 0.210 e. The zero-order valence-electron chi connectivity index (χ0n) is 7.32. The molecule has 0 aromatic rings. The van der Waals surface area contributed by atoms with Crippen LogP contribution in [0.15, 0.2) is 0 Å². The minimum Gasteiger partial charge on any atom is -0.315 e. The van der Waals surface area contributed by atoms with Gasteiger partial charge in [0.15, 0.2) is 0 Å². The number of nitrogens with two attached hydrogens (primary N) is 1. The molecule has 0 unspecified atom stereocenters. The van der Waals surface area contributed by atoms with E-state index in [1.165, 1.54) is 0 Å². The summed E-state index contributed by atoms with van der Waals surface area (Å²) in [5.74, 6) is 4.06. The molecule has 0 fully saturated rings.